The fourth-order valence-corrected chi connectivity index (χ4v) is 3.43. The van der Waals surface area contributed by atoms with Crippen LogP contribution in [0.25, 0.3) is 0 Å². The maximum atomic E-state index is 6.35. The zero-order valence-corrected chi connectivity index (χ0v) is 9.47. The summed E-state index contributed by atoms with van der Waals surface area (Å²) in [6, 6.07) is 2.45. The summed E-state index contributed by atoms with van der Waals surface area (Å²) >= 11 is 0. The molecule has 1 atom stereocenters. The Morgan fingerprint density at radius 3 is 2.93 bits per heavy atom. The van der Waals surface area contributed by atoms with Gasteiger partial charge in [-0.1, -0.05) is 13.0 Å². The highest BCUT2D eigenvalue weighted by Gasteiger charge is 2.27. The summed E-state index contributed by atoms with van der Waals surface area (Å²) < 4.78 is 0. The highest BCUT2D eigenvalue weighted by Crippen LogP contribution is 2.43. The molecule has 0 amide bonds. The van der Waals surface area contributed by atoms with Gasteiger partial charge in [-0.3, -0.25) is 0 Å². The van der Waals surface area contributed by atoms with E-state index >= 15 is 0 Å². The molecule has 1 unspecified atom stereocenters. The molecule has 0 fully saturated rings. The molecule has 80 valence electrons. The summed E-state index contributed by atoms with van der Waals surface area (Å²) in [5.41, 5.74) is 13.6. The number of nitrogens with two attached hydrogens (primary N) is 1. The van der Waals surface area contributed by atoms with Gasteiger partial charge in [0.15, 0.2) is 0 Å². The van der Waals surface area contributed by atoms with Gasteiger partial charge < -0.3 is 5.73 Å². The number of anilines is 1. The third kappa shape index (κ3) is 1.22. The number of fused-ring (bicyclic) bond motifs is 2. The van der Waals surface area contributed by atoms with Gasteiger partial charge in [0.1, 0.15) is 0 Å². The van der Waals surface area contributed by atoms with Crippen molar-refractivity contribution >= 4 is 5.69 Å². The van der Waals surface area contributed by atoms with Gasteiger partial charge in [-0.2, -0.15) is 0 Å². The maximum absolute atomic E-state index is 6.35. The van der Waals surface area contributed by atoms with E-state index in [9.17, 15) is 0 Å². The van der Waals surface area contributed by atoms with Gasteiger partial charge >= 0.3 is 0 Å². The number of hydrogen-bond donors (Lipinski definition) is 1. The Kier molecular flexibility index (Phi) is 2.01. The number of aryl methyl sites for hydroxylation is 2. The van der Waals surface area contributed by atoms with Gasteiger partial charge in [-0.25, -0.2) is 0 Å². The number of hydrogen-bond acceptors (Lipinski definition) is 1. The Morgan fingerprint density at radius 1 is 1.27 bits per heavy atom. The van der Waals surface area contributed by atoms with E-state index in [0.29, 0.717) is 0 Å². The fraction of sp³-hybridized carbons (Fsp3) is 0.571. The van der Waals surface area contributed by atoms with E-state index in [0.717, 1.165) is 11.6 Å². The average molecular weight is 201 g/mol. The lowest BCUT2D eigenvalue weighted by atomic mass is 9.93. The zero-order valence-electron chi connectivity index (χ0n) is 9.47. The molecule has 1 nitrogen and oxygen atoms in total. The number of benzene rings is 1. The van der Waals surface area contributed by atoms with Crippen LogP contribution in [0.4, 0.5) is 5.69 Å². The van der Waals surface area contributed by atoms with Crippen LogP contribution in [0.2, 0.25) is 0 Å². The van der Waals surface area contributed by atoms with Crippen LogP contribution in [-0.4, -0.2) is 0 Å². The molecule has 0 radical (unpaired) electrons. The van der Waals surface area contributed by atoms with Gasteiger partial charge in [0.05, 0.1) is 0 Å². The first-order chi connectivity index (χ1) is 7.31. The van der Waals surface area contributed by atoms with Crippen LogP contribution in [0.5, 0.6) is 0 Å². The minimum absolute atomic E-state index is 0.742. The number of rotatable bonds is 1. The highest BCUT2D eigenvalue weighted by atomic mass is 14.6. The van der Waals surface area contributed by atoms with Crippen molar-refractivity contribution in [2.75, 3.05) is 5.73 Å². The minimum Gasteiger partial charge on any atom is -0.398 e. The molecule has 1 aromatic carbocycles. The van der Waals surface area contributed by atoms with Crippen LogP contribution in [0, 0.1) is 0 Å². The first-order valence-corrected chi connectivity index (χ1v) is 6.24. The summed E-state index contributed by atoms with van der Waals surface area (Å²) in [7, 11) is 0. The summed E-state index contributed by atoms with van der Waals surface area (Å²) in [6.07, 6.45) is 7.59. The van der Waals surface area contributed by atoms with Crippen LogP contribution < -0.4 is 5.73 Å². The standard InChI is InChI=1S/C14H19N/c1-2-9-6-7-11-8-10-4-3-5-12(10)14(15)13(9)11/h8-9H,2-7,15H2,1H3. The Labute approximate surface area is 91.7 Å². The molecule has 15 heavy (non-hydrogen) atoms. The SMILES string of the molecule is CCC1CCc2cc3c(c(N)c21)CCC3. The molecular formula is C14H19N. The average Bonchev–Trinajstić information content (AvgIpc) is 2.83. The first kappa shape index (κ1) is 9.26. The van der Waals surface area contributed by atoms with Crippen molar-refractivity contribution in [2.24, 2.45) is 0 Å². The molecule has 1 heteroatoms. The molecule has 0 bridgehead atoms. The molecular weight excluding hydrogens is 182 g/mol. The molecule has 0 heterocycles. The number of nitrogen functional groups attached to an aromatic ring is 1. The predicted octanol–water partition coefficient (Wildman–Crippen LogP) is 3.20. The van der Waals surface area contributed by atoms with Gasteiger partial charge in [0, 0.05) is 5.69 Å². The van der Waals surface area contributed by atoms with Crippen LogP contribution in [-0.2, 0) is 19.3 Å². The van der Waals surface area contributed by atoms with Crippen molar-refractivity contribution in [3.8, 4) is 0 Å². The topological polar surface area (TPSA) is 26.0 Å². The second-order valence-electron chi connectivity index (χ2n) is 5.00. The second-order valence-corrected chi connectivity index (χ2v) is 5.00. The van der Waals surface area contributed by atoms with Crippen LogP contribution in [0.1, 0.15) is 54.4 Å². The lowest BCUT2D eigenvalue weighted by Gasteiger charge is -2.15. The molecule has 0 aromatic heterocycles. The van der Waals surface area contributed by atoms with Crippen LogP contribution >= 0.6 is 0 Å². The molecule has 1 aromatic rings. The lowest BCUT2D eigenvalue weighted by molar-refractivity contribution is 0.657. The molecule has 0 aliphatic heterocycles. The molecule has 2 N–H and O–H groups in total. The first-order valence-electron chi connectivity index (χ1n) is 6.24. The van der Waals surface area contributed by atoms with Gasteiger partial charge in [-0.15, -0.1) is 0 Å². The van der Waals surface area contributed by atoms with Crippen molar-refractivity contribution in [1.82, 2.24) is 0 Å². The third-order valence-electron chi connectivity index (χ3n) is 4.23. The quantitative estimate of drug-likeness (QED) is 0.694. The molecule has 2 aliphatic rings. The molecule has 0 saturated heterocycles. The van der Waals surface area contributed by atoms with Gasteiger partial charge in [-0.05, 0) is 66.7 Å². The summed E-state index contributed by atoms with van der Waals surface area (Å²) in [4.78, 5) is 0. The predicted molar refractivity (Wildman–Crippen MR) is 64.2 cm³/mol. The Morgan fingerprint density at radius 2 is 2.13 bits per heavy atom. The molecule has 2 aliphatic carbocycles. The van der Waals surface area contributed by atoms with E-state index < -0.39 is 0 Å². The minimum atomic E-state index is 0.742. The van der Waals surface area contributed by atoms with Crippen molar-refractivity contribution in [1.29, 1.82) is 0 Å². The normalized spacial score (nSPS) is 22.9. The lowest BCUT2D eigenvalue weighted by Crippen LogP contribution is -2.03. The van der Waals surface area contributed by atoms with Gasteiger partial charge in [0.2, 0.25) is 0 Å². The molecule has 0 saturated carbocycles. The maximum Gasteiger partial charge on any atom is 0.0387 e. The van der Waals surface area contributed by atoms with E-state index in [1.807, 2.05) is 0 Å². The molecule has 0 spiro atoms. The van der Waals surface area contributed by atoms with E-state index in [1.54, 1.807) is 11.1 Å². The van der Waals surface area contributed by atoms with Crippen molar-refractivity contribution < 1.29 is 0 Å². The van der Waals surface area contributed by atoms with Crippen molar-refractivity contribution in [3.05, 3.63) is 28.3 Å². The Bertz CT molecular complexity index is 406. The second kappa shape index (κ2) is 3.26. The zero-order chi connectivity index (χ0) is 10.4. The summed E-state index contributed by atoms with van der Waals surface area (Å²) in [6.45, 7) is 2.28. The van der Waals surface area contributed by atoms with Crippen molar-refractivity contribution in [3.63, 3.8) is 0 Å². The summed E-state index contributed by atoms with van der Waals surface area (Å²) in [5.74, 6) is 0.742. The largest absolute Gasteiger partial charge is 0.398 e. The fourth-order valence-electron chi connectivity index (χ4n) is 3.43. The Hall–Kier alpha value is -0.980. The van der Waals surface area contributed by atoms with Crippen molar-refractivity contribution in [2.45, 2.75) is 51.4 Å². The van der Waals surface area contributed by atoms with E-state index in [2.05, 4.69) is 13.0 Å². The molecule has 3 rings (SSSR count). The smallest absolute Gasteiger partial charge is 0.0387 e. The van der Waals surface area contributed by atoms with E-state index in [4.69, 9.17) is 5.73 Å². The van der Waals surface area contributed by atoms with Crippen LogP contribution in [0.15, 0.2) is 6.07 Å². The Balaban J connectivity index is 2.18. The third-order valence-corrected chi connectivity index (χ3v) is 4.23. The van der Waals surface area contributed by atoms with E-state index in [-0.39, 0.29) is 0 Å². The summed E-state index contributed by atoms with van der Waals surface area (Å²) in [5, 5.41) is 0. The monoisotopic (exact) mass is 201 g/mol. The van der Waals surface area contributed by atoms with Gasteiger partial charge in [0.25, 0.3) is 0 Å². The van der Waals surface area contributed by atoms with Crippen LogP contribution in [0.3, 0.4) is 0 Å². The van der Waals surface area contributed by atoms with E-state index in [1.165, 1.54) is 49.7 Å². The highest BCUT2D eigenvalue weighted by molar-refractivity contribution is 5.64.